The van der Waals surface area contributed by atoms with Crippen LogP contribution in [-0.2, 0) is 4.74 Å². The summed E-state index contributed by atoms with van der Waals surface area (Å²) in [6.45, 7) is 4.32. The van der Waals surface area contributed by atoms with Gasteiger partial charge in [-0.2, -0.15) is 0 Å². The lowest BCUT2D eigenvalue weighted by molar-refractivity contribution is -0.0406. The molecule has 2 aromatic carbocycles. The number of aryl methyl sites for hydroxylation is 2. The van der Waals surface area contributed by atoms with Crippen LogP contribution in [0.1, 0.15) is 34.3 Å². The summed E-state index contributed by atoms with van der Waals surface area (Å²) in [7, 11) is 0. The normalized spacial score (nSPS) is 20.8. The first-order valence-electron chi connectivity index (χ1n) is 9.71. The number of rotatable bonds is 7. The van der Waals surface area contributed by atoms with Crippen molar-refractivity contribution < 1.29 is 24.1 Å². The average Bonchev–Trinajstić information content (AvgIpc) is 3.37. The van der Waals surface area contributed by atoms with E-state index in [4.69, 9.17) is 19.3 Å². The third kappa shape index (κ3) is 4.60. The molecular formula is C22H23N3O5. The SMILES string of the molecule is Cc1ccc(OC[C@H]2O[C@H](n3cc(C(=O)O)nn3)C[C@@H]2Oc2ccc(C)cc2)cc1. The van der Waals surface area contributed by atoms with E-state index in [2.05, 4.69) is 10.3 Å². The molecule has 1 fully saturated rings. The Morgan fingerprint density at radius 1 is 1.10 bits per heavy atom. The second-order valence-electron chi connectivity index (χ2n) is 7.35. The predicted octanol–water partition coefficient (Wildman–Crippen LogP) is 3.41. The molecule has 30 heavy (non-hydrogen) atoms. The summed E-state index contributed by atoms with van der Waals surface area (Å²) in [5.41, 5.74) is 2.17. The molecule has 0 radical (unpaired) electrons. The molecule has 0 unspecified atom stereocenters. The van der Waals surface area contributed by atoms with Crippen molar-refractivity contribution in [2.75, 3.05) is 6.61 Å². The lowest BCUT2D eigenvalue weighted by atomic mass is 10.1. The molecule has 0 bridgehead atoms. The molecule has 0 aliphatic carbocycles. The van der Waals surface area contributed by atoms with Crippen LogP contribution < -0.4 is 9.47 Å². The van der Waals surface area contributed by atoms with Gasteiger partial charge in [0.1, 0.15) is 30.3 Å². The standard InChI is InChI=1S/C22H23N3O5/c1-14-3-7-16(8-4-14)28-13-20-19(29-17-9-5-15(2)6-10-17)11-21(30-20)25-12-18(22(26)27)23-24-25/h3-10,12,19-21H,11,13H2,1-2H3,(H,26,27)/t19-,20+,21-/m0/s1. The van der Waals surface area contributed by atoms with Gasteiger partial charge in [0.05, 0.1) is 6.20 Å². The first-order valence-corrected chi connectivity index (χ1v) is 9.71. The van der Waals surface area contributed by atoms with Crippen LogP contribution in [0.3, 0.4) is 0 Å². The number of benzene rings is 2. The van der Waals surface area contributed by atoms with E-state index in [0.29, 0.717) is 6.42 Å². The molecule has 0 amide bonds. The summed E-state index contributed by atoms with van der Waals surface area (Å²) >= 11 is 0. The number of carbonyl (C=O) groups is 1. The molecule has 1 saturated heterocycles. The van der Waals surface area contributed by atoms with E-state index in [1.165, 1.54) is 10.9 Å². The monoisotopic (exact) mass is 409 g/mol. The molecule has 1 aliphatic rings. The third-order valence-corrected chi connectivity index (χ3v) is 4.95. The number of carboxylic acid groups (broad SMARTS) is 1. The summed E-state index contributed by atoms with van der Waals surface area (Å²) in [6.07, 6.45) is 0.695. The molecule has 3 aromatic rings. The minimum absolute atomic E-state index is 0.131. The van der Waals surface area contributed by atoms with Crippen molar-refractivity contribution in [3.8, 4) is 11.5 Å². The Hall–Kier alpha value is -3.39. The molecule has 1 aliphatic heterocycles. The van der Waals surface area contributed by atoms with Gasteiger partial charge in [0, 0.05) is 6.42 Å². The van der Waals surface area contributed by atoms with Crippen LogP contribution in [0.4, 0.5) is 0 Å². The Balaban J connectivity index is 1.49. The van der Waals surface area contributed by atoms with Gasteiger partial charge < -0.3 is 19.3 Å². The first-order chi connectivity index (χ1) is 14.5. The zero-order valence-corrected chi connectivity index (χ0v) is 16.8. The van der Waals surface area contributed by atoms with Gasteiger partial charge in [-0.1, -0.05) is 40.6 Å². The summed E-state index contributed by atoms with van der Waals surface area (Å²) in [6, 6.07) is 15.6. The largest absolute Gasteiger partial charge is 0.491 e. The Kier molecular flexibility index (Phi) is 5.67. The minimum atomic E-state index is -1.13. The van der Waals surface area contributed by atoms with Gasteiger partial charge in [-0.3, -0.25) is 0 Å². The maximum Gasteiger partial charge on any atom is 0.358 e. The highest BCUT2D eigenvalue weighted by Gasteiger charge is 2.39. The van der Waals surface area contributed by atoms with Gasteiger partial charge in [0.2, 0.25) is 0 Å². The summed E-state index contributed by atoms with van der Waals surface area (Å²) in [5.74, 6) is 0.349. The summed E-state index contributed by atoms with van der Waals surface area (Å²) < 4.78 is 19.6. The number of nitrogens with zero attached hydrogens (tertiary/aromatic N) is 3. The lowest BCUT2D eigenvalue weighted by Crippen LogP contribution is -2.32. The summed E-state index contributed by atoms with van der Waals surface area (Å²) in [5, 5.41) is 16.7. The van der Waals surface area contributed by atoms with Crippen molar-refractivity contribution in [2.24, 2.45) is 0 Å². The number of hydrogen-bond donors (Lipinski definition) is 1. The molecule has 2 heterocycles. The smallest absolute Gasteiger partial charge is 0.358 e. The van der Waals surface area contributed by atoms with E-state index < -0.39 is 12.2 Å². The number of aromatic carboxylic acids is 1. The van der Waals surface area contributed by atoms with Crippen LogP contribution in [0, 0.1) is 13.8 Å². The highest BCUT2D eigenvalue weighted by Crippen LogP contribution is 2.32. The fourth-order valence-electron chi connectivity index (χ4n) is 3.26. The maximum absolute atomic E-state index is 11.1. The van der Waals surface area contributed by atoms with Gasteiger partial charge in [0.15, 0.2) is 11.9 Å². The molecule has 8 heteroatoms. The highest BCUT2D eigenvalue weighted by molar-refractivity contribution is 5.84. The van der Waals surface area contributed by atoms with Crippen molar-refractivity contribution in [3.63, 3.8) is 0 Å². The zero-order valence-electron chi connectivity index (χ0n) is 16.8. The number of carboxylic acids is 1. The van der Waals surface area contributed by atoms with Crippen LogP contribution in [0.2, 0.25) is 0 Å². The molecule has 0 saturated carbocycles. The number of hydrogen-bond acceptors (Lipinski definition) is 6. The minimum Gasteiger partial charge on any atom is -0.491 e. The van der Waals surface area contributed by atoms with E-state index in [-0.39, 0.29) is 24.5 Å². The molecule has 4 rings (SSSR count). The molecule has 1 N–H and O–H groups in total. The van der Waals surface area contributed by atoms with E-state index in [1.54, 1.807) is 0 Å². The van der Waals surface area contributed by atoms with Crippen molar-refractivity contribution >= 4 is 5.97 Å². The van der Waals surface area contributed by atoms with Crippen LogP contribution in [-0.4, -0.2) is 44.9 Å². The third-order valence-electron chi connectivity index (χ3n) is 4.95. The predicted molar refractivity (Wildman–Crippen MR) is 108 cm³/mol. The Bertz CT molecular complexity index is 1000. The summed E-state index contributed by atoms with van der Waals surface area (Å²) in [4.78, 5) is 11.1. The fourth-order valence-corrected chi connectivity index (χ4v) is 3.26. The second kappa shape index (κ2) is 8.54. The van der Waals surface area contributed by atoms with Crippen molar-refractivity contribution in [1.29, 1.82) is 0 Å². The van der Waals surface area contributed by atoms with Gasteiger partial charge in [-0.25, -0.2) is 9.48 Å². The maximum atomic E-state index is 11.1. The average molecular weight is 409 g/mol. The fraction of sp³-hybridized carbons (Fsp3) is 0.318. The van der Waals surface area contributed by atoms with E-state index >= 15 is 0 Å². The topological polar surface area (TPSA) is 95.7 Å². The van der Waals surface area contributed by atoms with E-state index in [1.807, 2.05) is 62.4 Å². The van der Waals surface area contributed by atoms with Crippen LogP contribution in [0.25, 0.3) is 0 Å². The van der Waals surface area contributed by atoms with Crippen LogP contribution in [0.5, 0.6) is 11.5 Å². The van der Waals surface area contributed by atoms with Crippen molar-refractivity contribution in [1.82, 2.24) is 15.0 Å². The van der Waals surface area contributed by atoms with Crippen molar-refractivity contribution in [2.45, 2.75) is 38.7 Å². The number of aromatic nitrogens is 3. The quantitative estimate of drug-likeness (QED) is 0.639. The van der Waals surface area contributed by atoms with E-state index in [0.717, 1.165) is 22.6 Å². The Labute approximate surface area is 174 Å². The van der Waals surface area contributed by atoms with Gasteiger partial charge in [-0.05, 0) is 38.1 Å². The second-order valence-corrected chi connectivity index (χ2v) is 7.35. The number of ether oxygens (including phenoxy) is 3. The molecule has 1 aromatic heterocycles. The first kappa shape index (κ1) is 19.9. The molecule has 8 nitrogen and oxygen atoms in total. The zero-order chi connectivity index (χ0) is 21.1. The van der Waals surface area contributed by atoms with Gasteiger partial charge >= 0.3 is 5.97 Å². The van der Waals surface area contributed by atoms with Gasteiger partial charge in [0.25, 0.3) is 0 Å². The molecule has 0 spiro atoms. The molecule has 3 atom stereocenters. The van der Waals surface area contributed by atoms with Crippen LogP contribution >= 0.6 is 0 Å². The highest BCUT2D eigenvalue weighted by atomic mass is 16.6. The van der Waals surface area contributed by atoms with Gasteiger partial charge in [-0.15, -0.1) is 5.10 Å². The molecule has 156 valence electrons. The van der Waals surface area contributed by atoms with E-state index in [9.17, 15) is 4.79 Å². The van der Waals surface area contributed by atoms with Crippen LogP contribution in [0.15, 0.2) is 54.7 Å². The van der Waals surface area contributed by atoms with Crippen molar-refractivity contribution in [3.05, 3.63) is 71.5 Å². The Morgan fingerprint density at radius 3 is 2.33 bits per heavy atom. The Morgan fingerprint density at radius 2 is 1.73 bits per heavy atom. The lowest BCUT2D eigenvalue weighted by Gasteiger charge is -2.20. The molecular weight excluding hydrogens is 386 g/mol.